The van der Waals surface area contributed by atoms with Gasteiger partial charge in [0.25, 0.3) is 5.91 Å². The molecule has 0 spiro atoms. The van der Waals surface area contributed by atoms with Crippen molar-refractivity contribution in [2.75, 3.05) is 6.54 Å². The van der Waals surface area contributed by atoms with E-state index in [0.717, 1.165) is 12.8 Å². The summed E-state index contributed by atoms with van der Waals surface area (Å²) >= 11 is 0. The van der Waals surface area contributed by atoms with E-state index in [2.05, 4.69) is 9.97 Å². The van der Waals surface area contributed by atoms with E-state index in [1.165, 1.54) is 41.1 Å². The van der Waals surface area contributed by atoms with Gasteiger partial charge in [-0.1, -0.05) is 0 Å². The molecule has 4 rings (SSSR count). The molecule has 1 saturated heterocycles. The van der Waals surface area contributed by atoms with Crippen LogP contribution in [0.2, 0.25) is 0 Å². The van der Waals surface area contributed by atoms with E-state index < -0.39 is 0 Å². The summed E-state index contributed by atoms with van der Waals surface area (Å²) < 4.78 is 20.1. The quantitative estimate of drug-likeness (QED) is 0.680. The van der Waals surface area contributed by atoms with Crippen LogP contribution in [0.25, 0.3) is 0 Å². The zero-order valence-corrected chi connectivity index (χ0v) is 15.8. The molecule has 1 fully saturated rings. The first-order valence-corrected chi connectivity index (χ1v) is 9.24. The summed E-state index contributed by atoms with van der Waals surface area (Å²) in [6.07, 6.45) is 6.23. The molecule has 1 aliphatic heterocycles. The van der Waals surface area contributed by atoms with Crippen LogP contribution in [0.5, 0.6) is 11.6 Å². The van der Waals surface area contributed by atoms with Crippen molar-refractivity contribution in [1.29, 1.82) is 0 Å². The summed E-state index contributed by atoms with van der Waals surface area (Å²) in [5.74, 6) is 0.211. The van der Waals surface area contributed by atoms with Gasteiger partial charge in [-0.25, -0.2) is 9.37 Å². The molecule has 1 atom stereocenters. The molecule has 0 bridgehead atoms. The largest absolute Gasteiger partial charge is 0.437 e. The second-order valence-corrected chi connectivity index (χ2v) is 6.86. The number of hydrogen-bond acceptors (Lipinski definition) is 5. The molecule has 0 N–H and O–H groups in total. The van der Waals surface area contributed by atoms with Crippen LogP contribution < -0.4 is 10.3 Å². The van der Waals surface area contributed by atoms with Gasteiger partial charge in [0.2, 0.25) is 11.4 Å². The first-order chi connectivity index (χ1) is 14.0. The van der Waals surface area contributed by atoms with Gasteiger partial charge in [-0.15, -0.1) is 0 Å². The molecule has 1 aromatic carbocycles. The maximum absolute atomic E-state index is 13.1. The number of amides is 1. The zero-order valence-electron chi connectivity index (χ0n) is 15.8. The molecule has 0 aliphatic carbocycles. The molecular formula is C21H19FN4O3. The lowest BCUT2D eigenvalue weighted by Gasteiger charge is -2.24. The van der Waals surface area contributed by atoms with Gasteiger partial charge in [0.1, 0.15) is 11.6 Å². The fourth-order valence-corrected chi connectivity index (χ4v) is 3.40. The number of benzene rings is 1. The predicted octanol–water partition coefficient (Wildman–Crippen LogP) is 3.08. The number of pyridine rings is 1. The summed E-state index contributed by atoms with van der Waals surface area (Å²) in [6, 6.07) is 8.32. The second-order valence-electron chi connectivity index (χ2n) is 6.86. The number of carbonyl (C=O) groups excluding carboxylic acids is 1. The molecule has 3 heterocycles. The molecule has 8 heteroatoms. The van der Waals surface area contributed by atoms with E-state index in [1.807, 2.05) is 0 Å². The van der Waals surface area contributed by atoms with Gasteiger partial charge < -0.3 is 14.2 Å². The lowest BCUT2D eigenvalue weighted by Crippen LogP contribution is -2.32. The van der Waals surface area contributed by atoms with Gasteiger partial charge in [-0.05, 0) is 43.2 Å². The predicted molar refractivity (Wildman–Crippen MR) is 103 cm³/mol. The highest BCUT2D eigenvalue weighted by Gasteiger charge is 2.32. The summed E-state index contributed by atoms with van der Waals surface area (Å²) in [5, 5.41) is 0. The van der Waals surface area contributed by atoms with Crippen LogP contribution in [0.1, 0.15) is 34.9 Å². The minimum atomic E-state index is -0.351. The lowest BCUT2D eigenvalue weighted by atomic mass is 10.1. The Labute approximate surface area is 166 Å². The lowest BCUT2D eigenvalue weighted by molar-refractivity contribution is 0.0731. The molecule has 148 valence electrons. The maximum Gasteiger partial charge on any atom is 0.255 e. The second kappa shape index (κ2) is 7.83. The summed E-state index contributed by atoms with van der Waals surface area (Å²) in [4.78, 5) is 35.0. The molecule has 0 saturated carbocycles. The molecule has 2 aromatic heterocycles. The molecular weight excluding hydrogens is 375 g/mol. The van der Waals surface area contributed by atoms with E-state index in [1.54, 1.807) is 30.4 Å². The Balaban J connectivity index is 1.56. The van der Waals surface area contributed by atoms with Crippen molar-refractivity contribution in [3.05, 3.63) is 82.4 Å². The molecule has 1 amide bonds. The zero-order chi connectivity index (χ0) is 20.4. The van der Waals surface area contributed by atoms with Gasteiger partial charge >= 0.3 is 0 Å². The summed E-state index contributed by atoms with van der Waals surface area (Å²) in [6.45, 7) is 0.594. The third-order valence-electron chi connectivity index (χ3n) is 4.85. The average Bonchev–Trinajstić information content (AvgIpc) is 3.21. The fraction of sp³-hybridized carbons (Fsp3) is 0.238. The normalized spacial score (nSPS) is 16.1. The van der Waals surface area contributed by atoms with Crippen molar-refractivity contribution in [3.63, 3.8) is 0 Å². The van der Waals surface area contributed by atoms with Crippen molar-refractivity contribution < 1.29 is 13.9 Å². The fourth-order valence-electron chi connectivity index (χ4n) is 3.40. The molecule has 29 heavy (non-hydrogen) atoms. The minimum Gasteiger partial charge on any atom is -0.437 e. The molecule has 0 radical (unpaired) electrons. The van der Waals surface area contributed by atoms with Crippen LogP contribution in [0.4, 0.5) is 4.39 Å². The molecule has 3 aromatic rings. The number of rotatable bonds is 4. The molecule has 7 nitrogen and oxygen atoms in total. The average molecular weight is 394 g/mol. The van der Waals surface area contributed by atoms with Gasteiger partial charge in [0.15, 0.2) is 0 Å². The Morgan fingerprint density at radius 1 is 1.17 bits per heavy atom. The Morgan fingerprint density at radius 2 is 1.97 bits per heavy atom. The van der Waals surface area contributed by atoms with E-state index in [4.69, 9.17) is 4.74 Å². The first kappa shape index (κ1) is 18.8. The number of ether oxygens (including phenoxy) is 1. The van der Waals surface area contributed by atoms with Gasteiger partial charge in [0.05, 0.1) is 29.7 Å². The Bertz CT molecular complexity index is 1100. The third-order valence-corrected chi connectivity index (χ3v) is 4.85. The van der Waals surface area contributed by atoms with Crippen molar-refractivity contribution >= 4 is 5.91 Å². The van der Waals surface area contributed by atoms with Crippen LogP contribution in [0.15, 0.2) is 59.8 Å². The van der Waals surface area contributed by atoms with Gasteiger partial charge in [-0.2, -0.15) is 0 Å². The number of halogens is 1. The number of aromatic nitrogens is 3. The highest BCUT2D eigenvalue weighted by molar-refractivity contribution is 5.94. The number of carbonyl (C=O) groups is 1. The van der Waals surface area contributed by atoms with Crippen LogP contribution in [-0.2, 0) is 7.05 Å². The molecule has 1 unspecified atom stereocenters. The maximum atomic E-state index is 13.1. The number of likely N-dealkylation sites (tertiary alicyclic amines) is 1. The van der Waals surface area contributed by atoms with Crippen molar-refractivity contribution in [1.82, 2.24) is 19.4 Å². The van der Waals surface area contributed by atoms with Crippen molar-refractivity contribution in [2.24, 2.45) is 7.05 Å². The first-order valence-electron chi connectivity index (χ1n) is 9.24. The Morgan fingerprint density at radius 3 is 2.72 bits per heavy atom. The summed E-state index contributed by atoms with van der Waals surface area (Å²) in [7, 11) is 1.61. The van der Waals surface area contributed by atoms with E-state index in [-0.39, 0.29) is 29.2 Å². The highest BCUT2D eigenvalue weighted by atomic mass is 19.1. The van der Waals surface area contributed by atoms with Crippen LogP contribution in [0, 0.1) is 5.82 Å². The number of hydrogen-bond donors (Lipinski definition) is 0. The molecule has 1 aliphatic rings. The van der Waals surface area contributed by atoms with Gasteiger partial charge in [0, 0.05) is 25.9 Å². The van der Waals surface area contributed by atoms with Crippen LogP contribution in [0.3, 0.4) is 0 Å². The SMILES string of the molecule is Cn1cc(C(=O)N2CCCC2c2cncc(Oc3ccc(F)cc3)n2)ccc1=O. The highest BCUT2D eigenvalue weighted by Crippen LogP contribution is 2.33. The summed E-state index contributed by atoms with van der Waals surface area (Å²) in [5.41, 5.74) is 0.905. The topological polar surface area (TPSA) is 77.3 Å². The Kier molecular flexibility index (Phi) is 5.07. The van der Waals surface area contributed by atoms with E-state index in [0.29, 0.717) is 23.6 Å². The minimum absolute atomic E-state index is 0.158. The van der Waals surface area contributed by atoms with E-state index >= 15 is 0 Å². The van der Waals surface area contributed by atoms with Crippen LogP contribution >= 0.6 is 0 Å². The third kappa shape index (κ3) is 4.01. The standard InChI is InChI=1S/C21H19FN4O3/c1-25-13-14(4-9-20(25)27)21(28)26-10-2-3-18(26)17-11-23-12-19(24-17)29-16-7-5-15(22)6-8-16/h4-9,11-13,18H,2-3,10H2,1H3. The van der Waals surface area contributed by atoms with E-state index in [9.17, 15) is 14.0 Å². The number of aryl methyl sites for hydroxylation is 1. The smallest absolute Gasteiger partial charge is 0.255 e. The monoisotopic (exact) mass is 394 g/mol. The van der Waals surface area contributed by atoms with Crippen LogP contribution in [-0.4, -0.2) is 31.9 Å². The van der Waals surface area contributed by atoms with Crippen molar-refractivity contribution in [3.8, 4) is 11.6 Å². The number of nitrogens with zero attached hydrogens (tertiary/aromatic N) is 4. The van der Waals surface area contributed by atoms with Crippen molar-refractivity contribution in [2.45, 2.75) is 18.9 Å². The van der Waals surface area contributed by atoms with Gasteiger partial charge in [-0.3, -0.25) is 14.6 Å². The Hall–Kier alpha value is -3.55.